The molecule has 2 heteroatoms. The largest absolute Gasteiger partial charge is 0.258 e. The predicted octanol–water partition coefficient (Wildman–Crippen LogP) is 1.72. The van der Waals surface area contributed by atoms with Gasteiger partial charge in [0.05, 0.1) is 0 Å². The van der Waals surface area contributed by atoms with Crippen LogP contribution >= 0.6 is 0 Å². The van der Waals surface area contributed by atoms with Crippen LogP contribution in [0.15, 0.2) is 18.2 Å². The summed E-state index contributed by atoms with van der Waals surface area (Å²) >= 11 is 0. The van der Waals surface area contributed by atoms with E-state index < -0.39 is 0 Å². The van der Waals surface area contributed by atoms with Crippen LogP contribution in [0.4, 0.5) is 0 Å². The Morgan fingerprint density at radius 2 is 1.73 bits per heavy atom. The summed E-state index contributed by atoms with van der Waals surface area (Å²) in [5.41, 5.74) is 2.50. The summed E-state index contributed by atoms with van der Waals surface area (Å²) in [7, 11) is 2.36. The van der Waals surface area contributed by atoms with Crippen LogP contribution in [0.2, 0.25) is 12.6 Å². The molecule has 0 saturated heterocycles. The van der Waals surface area contributed by atoms with Crippen molar-refractivity contribution < 1.29 is 0 Å². The highest BCUT2D eigenvalue weighted by Crippen LogP contribution is 2.09. The van der Waals surface area contributed by atoms with Gasteiger partial charge in [0.25, 0.3) is 0 Å². The van der Waals surface area contributed by atoms with E-state index in [1.807, 2.05) is 0 Å². The third kappa shape index (κ3) is 1.62. The van der Waals surface area contributed by atoms with Crippen molar-refractivity contribution in [3.05, 3.63) is 29.6 Å². The van der Waals surface area contributed by atoms with Crippen LogP contribution in [0, 0.1) is 0 Å². The normalized spacial score (nSPS) is 16.4. The molecule has 0 fully saturated rings. The van der Waals surface area contributed by atoms with Gasteiger partial charge in [-0.3, -0.25) is 4.98 Å². The van der Waals surface area contributed by atoms with Crippen LogP contribution < -0.4 is 0 Å². The molecular weight excluding hydrogens is 133 g/mol. The first-order valence-electron chi connectivity index (χ1n) is 4.21. The Labute approximate surface area is 68.1 Å². The second kappa shape index (κ2) is 3.08. The molecule has 2 heterocycles. The highest BCUT2D eigenvalue weighted by molar-refractivity contribution is 6.35. The molecule has 0 saturated carbocycles. The van der Waals surface area contributed by atoms with Crippen molar-refractivity contribution in [3.63, 3.8) is 0 Å². The molecule has 1 radical (unpaired) electrons. The van der Waals surface area contributed by atoms with E-state index in [0.717, 1.165) is 12.8 Å². The molecule has 1 aromatic heterocycles. The van der Waals surface area contributed by atoms with E-state index >= 15 is 0 Å². The lowest BCUT2D eigenvalue weighted by atomic mass is 9.68. The molecule has 2 rings (SSSR count). The average Bonchev–Trinajstić information content (AvgIpc) is 2.02. The Morgan fingerprint density at radius 1 is 1.09 bits per heavy atom. The van der Waals surface area contributed by atoms with Crippen LogP contribution in [0.5, 0.6) is 0 Å². The van der Waals surface area contributed by atoms with Gasteiger partial charge < -0.3 is 0 Å². The number of aromatic nitrogens is 1. The summed E-state index contributed by atoms with van der Waals surface area (Å²) in [6, 6.07) is 6.34. The van der Waals surface area contributed by atoms with Gasteiger partial charge in [0.2, 0.25) is 0 Å². The maximum atomic E-state index is 4.51. The van der Waals surface area contributed by atoms with E-state index in [1.165, 1.54) is 24.0 Å². The molecule has 1 nitrogen and oxygen atoms in total. The average molecular weight is 144 g/mol. The lowest BCUT2D eigenvalue weighted by Crippen LogP contribution is -2.04. The summed E-state index contributed by atoms with van der Waals surface area (Å²) < 4.78 is 0. The molecule has 2 bridgehead atoms. The number of rotatable bonds is 0. The number of aryl methyl sites for hydroxylation is 2. The maximum Gasteiger partial charge on any atom is 0.110 e. The predicted molar refractivity (Wildman–Crippen MR) is 47.0 cm³/mol. The zero-order valence-corrected chi connectivity index (χ0v) is 6.59. The van der Waals surface area contributed by atoms with Gasteiger partial charge in [0, 0.05) is 11.4 Å². The van der Waals surface area contributed by atoms with Gasteiger partial charge >= 0.3 is 0 Å². The topological polar surface area (TPSA) is 12.9 Å². The van der Waals surface area contributed by atoms with Gasteiger partial charge in [0.1, 0.15) is 7.28 Å². The quantitative estimate of drug-likeness (QED) is 0.505. The Balaban J connectivity index is 2.30. The molecule has 0 amide bonds. The van der Waals surface area contributed by atoms with Crippen molar-refractivity contribution in [2.24, 2.45) is 0 Å². The van der Waals surface area contributed by atoms with Crippen molar-refractivity contribution in [1.29, 1.82) is 0 Å². The Morgan fingerprint density at radius 3 is 2.36 bits per heavy atom. The smallest absolute Gasteiger partial charge is 0.110 e. The lowest BCUT2D eigenvalue weighted by Gasteiger charge is -2.07. The van der Waals surface area contributed by atoms with Crippen molar-refractivity contribution in [1.82, 2.24) is 4.98 Å². The van der Waals surface area contributed by atoms with Gasteiger partial charge in [-0.1, -0.05) is 18.7 Å². The highest BCUT2D eigenvalue weighted by atomic mass is 14.7. The van der Waals surface area contributed by atoms with Crippen LogP contribution in [-0.2, 0) is 12.8 Å². The van der Waals surface area contributed by atoms with E-state index in [4.69, 9.17) is 0 Å². The van der Waals surface area contributed by atoms with Gasteiger partial charge in [-0.15, -0.1) is 0 Å². The molecule has 0 spiro atoms. The molecule has 0 aliphatic carbocycles. The van der Waals surface area contributed by atoms with Crippen molar-refractivity contribution in [2.75, 3.05) is 0 Å². The van der Waals surface area contributed by atoms with Crippen LogP contribution in [0.3, 0.4) is 0 Å². The fourth-order valence-electron chi connectivity index (χ4n) is 1.45. The first-order chi connectivity index (χ1) is 5.45. The number of fused-ring (bicyclic) bond motifs is 2. The van der Waals surface area contributed by atoms with Crippen molar-refractivity contribution in [2.45, 2.75) is 25.5 Å². The van der Waals surface area contributed by atoms with E-state index in [1.54, 1.807) is 0 Å². The molecule has 1 aliphatic rings. The summed E-state index contributed by atoms with van der Waals surface area (Å²) in [6.45, 7) is 0. The highest BCUT2D eigenvalue weighted by Gasteiger charge is 2.03. The monoisotopic (exact) mass is 144 g/mol. The summed E-state index contributed by atoms with van der Waals surface area (Å²) in [5, 5.41) is 0. The zero-order chi connectivity index (χ0) is 7.52. The Hall–Kier alpha value is -0.785. The third-order valence-corrected chi connectivity index (χ3v) is 2.07. The standard InChI is InChI=1S/C9H11BN/c1-2-8-4-6-10-7-5-9(3-1)11-8/h1-3H,4-7H2. The SMILES string of the molecule is [B]1CCc2cccc(n2)CC1. The van der Waals surface area contributed by atoms with Crippen LogP contribution in [0.1, 0.15) is 11.4 Å². The second-order valence-electron chi connectivity index (χ2n) is 2.99. The van der Waals surface area contributed by atoms with E-state index in [-0.39, 0.29) is 0 Å². The minimum Gasteiger partial charge on any atom is -0.258 e. The fraction of sp³-hybridized carbons (Fsp3) is 0.444. The van der Waals surface area contributed by atoms with Gasteiger partial charge in [0.15, 0.2) is 0 Å². The minimum absolute atomic E-state index is 1.12. The van der Waals surface area contributed by atoms with Gasteiger partial charge in [-0.05, 0) is 25.0 Å². The molecule has 11 heavy (non-hydrogen) atoms. The van der Waals surface area contributed by atoms with Crippen LogP contribution in [0.25, 0.3) is 0 Å². The molecule has 1 aliphatic heterocycles. The third-order valence-electron chi connectivity index (χ3n) is 2.07. The van der Waals surface area contributed by atoms with Crippen LogP contribution in [-0.4, -0.2) is 12.3 Å². The van der Waals surface area contributed by atoms with Gasteiger partial charge in [-0.2, -0.15) is 0 Å². The van der Waals surface area contributed by atoms with Crippen molar-refractivity contribution in [3.8, 4) is 0 Å². The molecular formula is C9H11BN. The summed E-state index contributed by atoms with van der Waals surface area (Å²) in [4.78, 5) is 4.51. The molecule has 0 unspecified atom stereocenters. The molecule has 55 valence electrons. The number of hydrogen-bond acceptors (Lipinski definition) is 1. The number of hydrogen-bond donors (Lipinski definition) is 0. The molecule has 0 N–H and O–H groups in total. The molecule has 0 atom stereocenters. The Bertz CT molecular complexity index is 226. The molecule has 0 aromatic carbocycles. The van der Waals surface area contributed by atoms with Gasteiger partial charge in [-0.25, -0.2) is 0 Å². The van der Waals surface area contributed by atoms with Crippen molar-refractivity contribution >= 4 is 7.28 Å². The fourth-order valence-corrected chi connectivity index (χ4v) is 1.45. The first-order valence-corrected chi connectivity index (χ1v) is 4.21. The van der Waals surface area contributed by atoms with E-state index in [2.05, 4.69) is 30.5 Å². The van der Waals surface area contributed by atoms with E-state index in [9.17, 15) is 0 Å². The summed E-state index contributed by atoms with van der Waals surface area (Å²) in [6.07, 6.45) is 4.62. The Kier molecular flexibility index (Phi) is 1.93. The minimum atomic E-state index is 1.12. The number of nitrogens with zero attached hydrogens (tertiary/aromatic N) is 1. The lowest BCUT2D eigenvalue weighted by molar-refractivity contribution is 0.920. The maximum absolute atomic E-state index is 4.51. The molecule has 1 aromatic rings. The number of pyridine rings is 1. The zero-order valence-electron chi connectivity index (χ0n) is 6.59. The first kappa shape index (κ1) is 6.90. The second-order valence-corrected chi connectivity index (χ2v) is 2.99. The van der Waals surface area contributed by atoms with E-state index in [0.29, 0.717) is 0 Å². The summed E-state index contributed by atoms with van der Waals surface area (Å²) in [5.74, 6) is 0.